The molecule has 1 rings (SSSR count). The summed E-state index contributed by atoms with van der Waals surface area (Å²) >= 11 is 0. The molecule has 1 unspecified atom stereocenters. The molecule has 0 aromatic heterocycles. The topological polar surface area (TPSA) is 58.4 Å². The highest BCUT2D eigenvalue weighted by atomic mass is 16.2. The summed E-state index contributed by atoms with van der Waals surface area (Å²) in [6.45, 7) is 7.64. The third kappa shape index (κ3) is 1.39. The van der Waals surface area contributed by atoms with Crippen LogP contribution in [0, 0.1) is 0 Å². The first-order valence-corrected chi connectivity index (χ1v) is 4.26. The molecule has 0 saturated carbocycles. The molecule has 1 aliphatic rings. The zero-order chi connectivity index (χ0) is 9.35. The second-order valence-electron chi connectivity index (χ2n) is 3.82. The van der Waals surface area contributed by atoms with Gasteiger partial charge in [-0.3, -0.25) is 0 Å². The van der Waals surface area contributed by atoms with E-state index in [1.165, 1.54) is 0 Å². The molecular formula is C8H17N3O. The standard InChI is InChI=1S/C8H17N3O/c1-6-8(2,3)11(7(9)12)5-4-10-6/h6,10H,4-5H2,1-3H3,(H2,9,12). The van der Waals surface area contributed by atoms with Crippen LogP contribution in [-0.2, 0) is 0 Å². The lowest BCUT2D eigenvalue weighted by Gasteiger charge is -2.46. The van der Waals surface area contributed by atoms with Gasteiger partial charge in [-0.15, -0.1) is 0 Å². The van der Waals surface area contributed by atoms with Gasteiger partial charge in [0.25, 0.3) is 0 Å². The van der Waals surface area contributed by atoms with E-state index in [4.69, 9.17) is 5.73 Å². The molecule has 0 aromatic rings. The van der Waals surface area contributed by atoms with Crippen molar-refractivity contribution in [3.63, 3.8) is 0 Å². The first-order valence-electron chi connectivity index (χ1n) is 4.26. The van der Waals surface area contributed by atoms with E-state index in [2.05, 4.69) is 12.2 Å². The molecule has 4 nitrogen and oxygen atoms in total. The lowest BCUT2D eigenvalue weighted by molar-refractivity contribution is 0.0881. The third-order valence-corrected chi connectivity index (χ3v) is 2.81. The molecule has 1 heterocycles. The number of carbonyl (C=O) groups is 1. The number of amides is 2. The lowest BCUT2D eigenvalue weighted by atomic mass is 9.92. The summed E-state index contributed by atoms with van der Waals surface area (Å²) in [5.74, 6) is 0. The highest BCUT2D eigenvalue weighted by Gasteiger charge is 2.37. The molecule has 0 aromatic carbocycles. The molecule has 0 bridgehead atoms. The Morgan fingerprint density at radius 1 is 1.67 bits per heavy atom. The smallest absolute Gasteiger partial charge is 0.315 e. The largest absolute Gasteiger partial charge is 0.351 e. The average molecular weight is 171 g/mol. The third-order valence-electron chi connectivity index (χ3n) is 2.81. The van der Waals surface area contributed by atoms with Gasteiger partial charge in [-0.05, 0) is 20.8 Å². The van der Waals surface area contributed by atoms with Gasteiger partial charge < -0.3 is 16.0 Å². The van der Waals surface area contributed by atoms with Crippen molar-refractivity contribution in [2.24, 2.45) is 5.73 Å². The summed E-state index contributed by atoms with van der Waals surface area (Å²) in [5.41, 5.74) is 5.09. The molecule has 12 heavy (non-hydrogen) atoms. The van der Waals surface area contributed by atoms with Crippen LogP contribution in [0.3, 0.4) is 0 Å². The number of nitrogens with two attached hydrogens (primary N) is 1. The number of nitrogens with one attached hydrogen (secondary N) is 1. The molecule has 4 heteroatoms. The molecule has 0 radical (unpaired) electrons. The zero-order valence-corrected chi connectivity index (χ0v) is 7.92. The Labute approximate surface area is 73.1 Å². The van der Waals surface area contributed by atoms with Gasteiger partial charge in [0, 0.05) is 19.1 Å². The average Bonchev–Trinajstić information content (AvgIpc) is 1.94. The van der Waals surface area contributed by atoms with E-state index in [1.807, 2.05) is 13.8 Å². The Hall–Kier alpha value is -0.770. The number of hydrogen-bond donors (Lipinski definition) is 2. The Morgan fingerprint density at radius 3 is 2.67 bits per heavy atom. The summed E-state index contributed by atoms with van der Waals surface area (Å²) in [4.78, 5) is 12.8. The predicted molar refractivity (Wildman–Crippen MR) is 47.8 cm³/mol. The quantitative estimate of drug-likeness (QED) is 0.544. The normalized spacial score (nSPS) is 28.6. The van der Waals surface area contributed by atoms with E-state index in [9.17, 15) is 4.79 Å². The molecule has 0 spiro atoms. The Morgan fingerprint density at radius 2 is 2.25 bits per heavy atom. The van der Waals surface area contributed by atoms with E-state index in [1.54, 1.807) is 4.90 Å². The Kier molecular flexibility index (Phi) is 2.28. The molecule has 1 saturated heterocycles. The number of primary amides is 1. The molecule has 3 N–H and O–H groups in total. The first kappa shape index (κ1) is 9.32. The maximum Gasteiger partial charge on any atom is 0.315 e. The SMILES string of the molecule is CC1NCCN(C(N)=O)C1(C)C. The predicted octanol–water partition coefficient (Wildman–Crippen LogP) is 0.137. The van der Waals surface area contributed by atoms with Crippen molar-refractivity contribution in [2.75, 3.05) is 13.1 Å². The van der Waals surface area contributed by atoms with Crippen LogP contribution in [0.4, 0.5) is 4.79 Å². The number of hydrogen-bond acceptors (Lipinski definition) is 2. The van der Waals surface area contributed by atoms with Gasteiger partial charge >= 0.3 is 6.03 Å². The van der Waals surface area contributed by atoms with Crippen LogP contribution in [-0.4, -0.2) is 35.6 Å². The molecule has 1 aliphatic heterocycles. The van der Waals surface area contributed by atoms with Crippen LogP contribution in [0.25, 0.3) is 0 Å². The fourth-order valence-electron chi connectivity index (χ4n) is 1.56. The Bertz CT molecular complexity index is 191. The van der Waals surface area contributed by atoms with Crippen molar-refractivity contribution in [3.05, 3.63) is 0 Å². The van der Waals surface area contributed by atoms with Crippen LogP contribution in [0.15, 0.2) is 0 Å². The van der Waals surface area contributed by atoms with Gasteiger partial charge in [-0.2, -0.15) is 0 Å². The van der Waals surface area contributed by atoms with Crippen molar-refractivity contribution in [2.45, 2.75) is 32.4 Å². The van der Waals surface area contributed by atoms with E-state index in [0.29, 0.717) is 12.6 Å². The minimum atomic E-state index is -0.326. The van der Waals surface area contributed by atoms with Gasteiger partial charge in [0.05, 0.1) is 5.54 Å². The summed E-state index contributed by atoms with van der Waals surface area (Å²) in [7, 11) is 0. The van der Waals surface area contributed by atoms with Gasteiger partial charge in [-0.1, -0.05) is 0 Å². The van der Waals surface area contributed by atoms with Gasteiger partial charge in [0.2, 0.25) is 0 Å². The fourth-order valence-corrected chi connectivity index (χ4v) is 1.56. The van der Waals surface area contributed by atoms with Gasteiger partial charge in [0.15, 0.2) is 0 Å². The van der Waals surface area contributed by atoms with Crippen molar-refractivity contribution in [3.8, 4) is 0 Å². The summed E-state index contributed by atoms with van der Waals surface area (Å²) in [6.07, 6.45) is 0. The lowest BCUT2D eigenvalue weighted by Crippen LogP contribution is -2.65. The van der Waals surface area contributed by atoms with Crippen LogP contribution in [0.2, 0.25) is 0 Å². The van der Waals surface area contributed by atoms with E-state index < -0.39 is 0 Å². The van der Waals surface area contributed by atoms with Gasteiger partial charge in [0.1, 0.15) is 0 Å². The maximum absolute atomic E-state index is 11.0. The number of piperazine rings is 1. The maximum atomic E-state index is 11.0. The molecule has 1 fully saturated rings. The monoisotopic (exact) mass is 171 g/mol. The molecular weight excluding hydrogens is 154 g/mol. The molecule has 2 amide bonds. The fraction of sp³-hybridized carbons (Fsp3) is 0.875. The second kappa shape index (κ2) is 2.94. The summed E-state index contributed by atoms with van der Waals surface area (Å²) in [6, 6.07) is -0.0351. The minimum absolute atomic E-state index is 0.177. The summed E-state index contributed by atoms with van der Waals surface area (Å²) < 4.78 is 0. The van der Waals surface area contributed by atoms with Crippen LogP contribution in [0.1, 0.15) is 20.8 Å². The summed E-state index contributed by atoms with van der Waals surface area (Å²) in [5, 5.41) is 3.31. The molecule has 1 atom stereocenters. The number of nitrogens with zero attached hydrogens (tertiary/aromatic N) is 1. The number of carbonyl (C=O) groups excluding carboxylic acids is 1. The van der Waals surface area contributed by atoms with Crippen molar-refractivity contribution < 1.29 is 4.79 Å². The van der Waals surface area contributed by atoms with Crippen LogP contribution < -0.4 is 11.1 Å². The molecule has 70 valence electrons. The Balaban J connectivity index is 2.79. The number of urea groups is 1. The second-order valence-corrected chi connectivity index (χ2v) is 3.82. The van der Waals surface area contributed by atoms with Crippen LogP contribution >= 0.6 is 0 Å². The first-order chi connectivity index (χ1) is 5.46. The minimum Gasteiger partial charge on any atom is -0.351 e. The van der Waals surface area contributed by atoms with Crippen molar-refractivity contribution in [1.29, 1.82) is 0 Å². The van der Waals surface area contributed by atoms with E-state index in [-0.39, 0.29) is 11.6 Å². The van der Waals surface area contributed by atoms with Crippen molar-refractivity contribution >= 4 is 6.03 Å². The highest BCUT2D eigenvalue weighted by Crippen LogP contribution is 2.21. The van der Waals surface area contributed by atoms with E-state index in [0.717, 1.165) is 6.54 Å². The van der Waals surface area contributed by atoms with E-state index >= 15 is 0 Å². The zero-order valence-electron chi connectivity index (χ0n) is 7.92. The molecule has 0 aliphatic carbocycles. The number of rotatable bonds is 0. The van der Waals surface area contributed by atoms with Crippen LogP contribution in [0.5, 0.6) is 0 Å². The van der Waals surface area contributed by atoms with Gasteiger partial charge in [-0.25, -0.2) is 4.79 Å². The highest BCUT2D eigenvalue weighted by molar-refractivity contribution is 5.73. The van der Waals surface area contributed by atoms with Crippen molar-refractivity contribution in [1.82, 2.24) is 10.2 Å².